The maximum Gasteiger partial charge on any atom is 0.391 e. The predicted molar refractivity (Wildman–Crippen MR) is 65.7 cm³/mol. The van der Waals surface area contributed by atoms with Crippen LogP contribution in [0.5, 0.6) is 0 Å². The molecule has 0 spiro atoms. The lowest BCUT2D eigenvalue weighted by Gasteiger charge is -2.44. The van der Waals surface area contributed by atoms with Crippen LogP contribution in [0.1, 0.15) is 39.0 Å². The van der Waals surface area contributed by atoms with Crippen LogP contribution >= 0.6 is 0 Å². The highest BCUT2D eigenvalue weighted by molar-refractivity contribution is 5.71. The molecule has 0 heterocycles. The first-order chi connectivity index (χ1) is 8.71. The van der Waals surface area contributed by atoms with E-state index < -0.39 is 17.6 Å². The molecule has 0 aromatic carbocycles. The largest absolute Gasteiger partial charge is 0.466 e. The van der Waals surface area contributed by atoms with Gasteiger partial charge in [-0.3, -0.25) is 4.79 Å². The van der Waals surface area contributed by atoms with Crippen molar-refractivity contribution in [2.24, 2.45) is 5.92 Å². The molecule has 0 radical (unpaired) electrons. The summed E-state index contributed by atoms with van der Waals surface area (Å²) in [7, 11) is 3.63. The molecular formula is C13H22F3NO2. The zero-order chi connectivity index (χ0) is 14.7. The van der Waals surface area contributed by atoms with Gasteiger partial charge in [0, 0.05) is 5.54 Å². The van der Waals surface area contributed by atoms with Gasteiger partial charge in [-0.05, 0) is 46.7 Å². The molecule has 0 amide bonds. The summed E-state index contributed by atoms with van der Waals surface area (Å²) in [5, 5.41) is 0. The SMILES string of the molecule is CCOC(=O)CC1(N(C)C)CCC(C(F)(F)F)CC1. The third-order valence-electron chi connectivity index (χ3n) is 4.11. The first kappa shape index (κ1) is 16.3. The van der Waals surface area contributed by atoms with Gasteiger partial charge in [0.15, 0.2) is 0 Å². The van der Waals surface area contributed by atoms with Crippen molar-refractivity contribution in [1.82, 2.24) is 4.90 Å². The minimum Gasteiger partial charge on any atom is -0.466 e. The highest BCUT2D eigenvalue weighted by atomic mass is 19.4. The summed E-state index contributed by atoms with van der Waals surface area (Å²) >= 11 is 0. The molecule has 1 aliphatic rings. The molecule has 1 aliphatic carbocycles. The van der Waals surface area contributed by atoms with Crippen LogP contribution in [0.2, 0.25) is 0 Å². The zero-order valence-corrected chi connectivity index (χ0v) is 11.7. The van der Waals surface area contributed by atoms with Gasteiger partial charge >= 0.3 is 12.1 Å². The van der Waals surface area contributed by atoms with Crippen LogP contribution in [0, 0.1) is 5.92 Å². The Balaban J connectivity index is 2.69. The van der Waals surface area contributed by atoms with Crippen molar-refractivity contribution in [3.63, 3.8) is 0 Å². The quantitative estimate of drug-likeness (QED) is 0.742. The number of alkyl halides is 3. The highest BCUT2D eigenvalue weighted by Gasteiger charge is 2.47. The van der Waals surface area contributed by atoms with Crippen LogP contribution < -0.4 is 0 Å². The Morgan fingerprint density at radius 2 is 1.84 bits per heavy atom. The third kappa shape index (κ3) is 4.09. The molecule has 6 heteroatoms. The van der Waals surface area contributed by atoms with Crippen molar-refractivity contribution in [2.75, 3.05) is 20.7 Å². The zero-order valence-electron chi connectivity index (χ0n) is 11.7. The highest BCUT2D eigenvalue weighted by Crippen LogP contribution is 2.44. The van der Waals surface area contributed by atoms with E-state index in [4.69, 9.17) is 4.74 Å². The molecule has 0 unspecified atom stereocenters. The van der Waals surface area contributed by atoms with Crippen LogP contribution in [0.3, 0.4) is 0 Å². The fourth-order valence-corrected chi connectivity index (χ4v) is 2.75. The summed E-state index contributed by atoms with van der Waals surface area (Å²) in [5.41, 5.74) is -0.492. The lowest BCUT2D eigenvalue weighted by atomic mass is 9.73. The molecule has 1 saturated carbocycles. The molecule has 0 atom stereocenters. The molecular weight excluding hydrogens is 259 g/mol. The van der Waals surface area contributed by atoms with E-state index >= 15 is 0 Å². The summed E-state index contributed by atoms with van der Waals surface area (Å²) in [6.07, 6.45) is -3.03. The van der Waals surface area contributed by atoms with Gasteiger partial charge in [-0.25, -0.2) is 0 Å². The number of carbonyl (C=O) groups excluding carboxylic acids is 1. The molecule has 1 rings (SSSR count). The molecule has 19 heavy (non-hydrogen) atoms. The average Bonchev–Trinajstić information content (AvgIpc) is 2.28. The molecule has 112 valence electrons. The van der Waals surface area contributed by atoms with Crippen LogP contribution in [0.15, 0.2) is 0 Å². The van der Waals surface area contributed by atoms with E-state index in [1.54, 1.807) is 6.92 Å². The van der Waals surface area contributed by atoms with Crippen molar-refractivity contribution >= 4 is 5.97 Å². The van der Waals surface area contributed by atoms with Gasteiger partial charge in [0.1, 0.15) is 0 Å². The van der Waals surface area contributed by atoms with Crippen molar-refractivity contribution in [2.45, 2.75) is 50.7 Å². The average molecular weight is 281 g/mol. The summed E-state index contributed by atoms with van der Waals surface area (Å²) < 4.78 is 42.9. The second kappa shape index (κ2) is 6.11. The Labute approximate surface area is 112 Å². The summed E-state index contributed by atoms with van der Waals surface area (Å²) in [6, 6.07) is 0. The van der Waals surface area contributed by atoms with Gasteiger partial charge in [-0.1, -0.05) is 0 Å². The van der Waals surface area contributed by atoms with Crippen LogP contribution in [0.25, 0.3) is 0 Å². The van der Waals surface area contributed by atoms with Gasteiger partial charge in [0.05, 0.1) is 18.9 Å². The van der Waals surface area contributed by atoms with E-state index in [1.807, 2.05) is 19.0 Å². The summed E-state index contributed by atoms with van der Waals surface area (Å²) in [4.78, 5) is 13.5. The fourth-order valence-electron chi connectivity index (χ4n) is 2.75. The smallest absolute Gasteiger partial charge is 0.391 e. The first-order valence-electron chi connectivity index (χ1n) is 6.61. The lowest BCUT2D eigenvalue weighted by molar-refractivity contribution is -0.188. The molecule has 0 aliphatic heterocycles. The Bertz CT molecular complexity index is 308. The number of carbonyl (C=O) groups is 1. The second-order valence-corrected chi connectivity index (χ2v) is 5.42. The van der Waals surface area contributed by atoms with Gasteiger partial charge in [0.2, 0.25) is 0 Å². The van der Waals surface area contributed by atoms with Crippen molar-refractivity contribution < 1.29 is 22.7 Å². The fraction of sp³-hybridized carbons (Fsp3) is 0.923. The number of ether oxygens (including phenoxy) is 1. The van der Waals surface area contributed by atoms with E-state index in [0.717, 1.165) is 0 Å². The molecule has 0 bridgehead atoms. The summed E-state index contributed by atoms with van der Waals surface area (Å²) in [5.74, 6) is -1.57. The standard InChI is InChI=1S/C13H22F3NO2/c1-4-19-11(18)9-12(17(2)3)7-5-10(6-8-12)13(14,15)16/h10H,4-9H2,1-3H3. The summed E-state index contributed by atoms with van der Waals surface area (Å²) in [6.45, 7) is 2.02. The maximum absolute atomic E-state index is 12.7. The van der Waals surface area contributed by atoms with Crippen molar-refractivity contribution in [3.8, 4) is 0 Å². The number of hydrogen-bond donors (Lipinski definition) is 0. The van der Waals surface area contributed by atoms with Gasteiger partial charge in [0.25, 0.3) is 0 Å². The molecule has 3 nitrogen and oxygen atoms in total. The Morgan fingerprint density at radius 3 is 2.21 bits per heavy atom. The number of hydrogen-bond acceptors (Lipinski definition) is 3. The second-order valence-electron chi connectivity index (χ2n) is 5.42. The maximum atomic E-state index is 12.7. The van der Waals surface area contributed by atoms with E-state index in [9.17, 15) is 18.0 Å². The van der Waals surface area contributed by atoms with Gasteiger partial charge < -0.3 is 9.64 Å². The lowest BCUT2D eigenvalue weighted by Crippen LogP contribution is -2.50. The Kier molecular flexibility index (Phi) is 5.24. The Morgan fingerprint density at radius 1 is 1.32 bits per heavy atom. The normalized spacial score (nSPS) is 28.5. The van der Waals surface area contributed by atoms with E-state index in [2.05, 4.69) is 0 Å². The predicted octanol–water partition coefficient (Wildman–Crippen LogP) is 2.99. The minimum absolute atomic E-state index is 0.0844. The number of halogens is 3. The minimum atomic E-state index is -4.12. The monoisotopic (exact) mass is 281 g/mol. The van der Waals surface area contributed by atoms with Crippen LogP contribution in [-0.4, -0.2) is 43.3 Å². The molecule has 0 saturated heterocycles. The van der Waals surface area contributed by atoms with Crippen molar-refractivity contribution in [3.05, 3.63) is 0 Å². The van der Waals surface area contributed by atoms with Crippen LogP contribution in [0.4, 0.5) is 13.2 Å². The number of esters is 1. The third-order valence-corrected chi connectivity index (χ3v) is 4.11. The van der Waals surface area contributed by atoms with Gasteiger partial charge in [-0.2, -0.15) is 13.2 Å². The van der Waals surface area contributed by atoms with E-state index in [-0.39, 0.29) is 25.2 Å². The van der Waals surface area contributed by atoms with Crippen LogP contribution in [-0.2, 0) is 9.53 Å². The molecule has 0 N–H and O–H groups in total. The number of rotatable bonds is 4. The topological polar surface area (TPSA) is 29.5 Å². The van der Waals surface area contributed by atoms with E-state index in [1.165, 1.54) is 0 Å². The number of nitrogens with zero attached hydrogens (tertiary/aromatic N) is 1. The van der Waals surface area contributed by atoms with Crippen molar-refractivity contribution in [1.29, 1.82) is 0 Å². The van der Waals surface area contributed by atoms with Gasteiger partial charge in [-0.15, -0.1) is 0 Å². The molecule has 1 fully saturated rings. The first-order valence-corrected chi connectivity index (χ1v) is 6.61. The molecule has 0 aromatic heterocycles. The Hall–Kier alpha value is -0.780. The molecule has 0 aromatic rings. The van der Waals surface area contributed by atoms with E-state index in [0.29, 0.717) is 19.4 Å².